The zero-order chi connectivity index (χ0) is 9.84. The Kier molecular flexibility index (Phi) is 2.99. The summed E-state index contributed by atoms with van der Waals surface area (Å²) in [5, 5.41) is 13.2. The van der Waals surface area contributed by atoms with Gasteiger partial charge in [-0.2, -0.15) is 5.10 Å². The maximum absolute atomic E-state index is 11.0. The fourth-order valence-corrected chi connectivity index (χ4v) is 0.889. The highest BCUT2D eigenvalue weighted by Crippen LogP contribution is 2.10. The van der Waals surface area contributed by atoms with Gasteiger partial charge in [0, 0.05) is 18.8 Å². The summed E-state index contributed by atoms with van der Waals surface area (Å²) in [6, 6.07) is 0. The first-order chi connectivity index (χ1) is 6.15. The zero-order valence-electron chi connectivity index (χ0n) is 7.39. The Labute approximate surface area is 75.1 Å². The SMILES string of the molecule is CONC(=O)C(O)c1cnn(C)c1. The number of carbonyl (C=O) groups is 1. The maximum Gasteiger partial charge on any atom is 0.277 e. The number of aliphatic hydroxyl groups excluding tert-OH is 1. The predicted octanol–water partition coefficient (Wildman–Crippen LogP) is -0.869. The van der Waals surface area contributed by atoms with Crippen molar-refractivity contribution in [3.05, 3.63) is 18.0 Å². The quantitative estimate of drug-likeness (QED) is 0.600. The fraction of sp³-hybridized carbons (Fsp3) is 0.429. The van der Waals surface area contributed by atoms with E-state index in [1.807, 2.05) is 5.48 Å². The Morgan fingerprint density at radius 3 is 3.00 bits per heavy atom. The highest BCUT2D eigenvalue weighted by Gasteiger charge is 2.18. The molecule has 1 aromatic rings. The molecule has 2 N–H and O–H groups in total. The lowest BCUT2D eigenvalue weighted by molar-refractivity contribution is -0.140. The zero-order valence-corrected chi connectivity index (χ0v) is 7.39. The molecule has 0 spiro atoms. The number of nitrogens with one attached hydrogen (secondary N) is 1. The van der Waals surface area contributed by atoms with Crippen LogP contribution in [-0.2, 0) is 16.7 Å². The van der Waals surface area contributed by atoms with Gasteiger partial charge >= 0.3 is 0 Å². The third-order valence-electron chi connectivity index (χ3n) is 1.49. The highest BCUT2D eigenvalue weighted by atomic mass is 16.6. The molecule has 13 heavy (non-hydrogen) atoms. The van der Waals surface area contributed by atoms with Crippen molar-refractivity contribution in [1.82, 2.24) is 15.3 Å². The van der Waals surface area contributed by atoms with Crippen LogP contribution in [0.2, 0.25) is 0 Å². The van der Waals surface area contributed by atoms with Gasteiger partial charge in [0.15, 0.2) is 6.10 Å². The number of hydroxylamine groups is 1. The van der Waals surface area contributed by atoms with Gasteiger partial charge in [-0.25, -0.2) is 5.48 Å². The van der Waals surface area contributed by atoms with Crippen molar-refractivity contribution >= 4 is 5.91 Å². The number of amides is 1. The molecule has 1 unspecified atom stereocenters. The van der Waals surface area contributed by atoms with Gasteiger partial charge in [0.2, 0.25) is 0 Å². The Bertz CT molecular complexity index is 297. The molecule has 0 bridgehead atoms. The minimum atomic E-state index is -1.24. The molecule has 0 aliphatic carbocycles. The van der Waals surface area contributed by atoms with E-state index in [1.165, 1.54) is 18.0 Å². The fourth-order valence-electron chi connectivity index (χ4n) is 0.889. The third-order valence-corrected chi connectivity index (χ3v) is 1.49. The Morgan fingerprint density at radius 1 is 1.85 bits per heavy atom. The molecule has 1 amide bonds. The maximum atomic E-state index is 11.0. The standard InChI is InChI=1S/C7H11N3O3/c1-10-4-5(3-8-10)6(11)7(12)9-13-2/h3-4,6,11H,1-2H3,(H,9,12). The summed E-state index contributed by atoms with van der Waals surface area (Å²) in [5.41, 5.74) is 2.45. The Balaban J connectivity index is 2.67. The summed E-state index contributed by atoms with van der Waals surface area (Å²) in [5.74, 6) is -0.615. The lowest BCUT2D eigenvalue weighted by atomic mass is 10.2. The molecule has 72 valence electrons. The number of aryl methyl sites for hydroxylation is 1. The van der Waals surface area contributed by atoms with E-state index in [0.717, 1.165) is 0 Å². The molecule has 0 fully saturated rings. The largest absolute Gasteiger partial charge is 0.378 e. The van der Waals surface area contributed by atoms with Crippen LogP contribution in [0.4, 0.5) is 0 Å². The topological polar surface area (TPSA) is 76.4 Å². The van der Waals surface area contributed by atoms with Gasteiger partial charge in [-0.15, -0.1) is 0 Å². The molecule has 1 rings (SSSR count). The molecule has 6 heteroatoms. The number of nitrogens with zero attached hydrogens (tertiary/aromatic N) is 2. The first kappa shape index (κ1) is 9.69. The molecule has 1 aromatic heterocycles. The summed E-state index contributed by atoms with van der Waals surface area (Å²) in [6.07, 6.45) is 1.73. The number of hydrogen-bond acceptors (Lipinski definition) is 4. The average Bonchev–Trinajstić information content (AvgIpc) is 2.51. The number of aliphatic hydroxyl groups is 1. The van der Waals surface area contributed by atoms with Crippen LogP contribution in [0.15, 0.2) is 12.4 Å². The van der Waals surface area contributed by atoms with Crippen molar-refractivity contribution in [3.8, 4) is 0 Å². The minimum Gasteiger partial charge on any atom is -0.378 e. The second kappa shape index (κ2) is 4.01. The van der Waals surface area contributed by atoms with Crippen LogP contribution >= 0.6 is 0 Å². The summed E-state index contributed by atoms with van der Waals surface area (Å²) >= 11 is 0. The molecule has 0 saturated heterocycles. The summed E-state index contributed by atoms with van der Waals surface area (Å²) in [7, 11) is 3.00. The van der Waals surface area contributed by atoms with Crippen molar-refractivity contribution in [2.45, 2.75) is 6.10 Å². The highest BCUT2D eigenvalue weighted by molar-refractivity contribution is 5.80. The molecular weight excluding hydrogens is 174 g/mol. The lowest BCUT2D eigenvalue weighted by Gasteiger charge is -2.06. The first-order valence-corrected chi connectivity index (χ1v) is 3.64. The van der Waals surface area contributed by atoms with Crippen LogP contribution in [0.1, 0.15) is 11.7 Å². The average molecular weight is 185 g/mol. The van der Waals surface area contributed by atoms with E-state index in [1.54, 1.807) is 13.2 Å². The molecular formula is C7H11N3O3. The number of carbonyl (C=O) groups excluding carboxylic acids is 1. The van der Waals surface area contributed by atoms with Gasteiger partial charge in [-0.3, -0.25) is 14.3 Å². The number of aromatic nitrogens is 2. The Morgan fingerprint density at radius 2 is 2.54 bits per heavy atom. The van der Waals surface area contributed by atoms with Crippen molar-refractivity contribution in [1.29, 1.82) is 0 Å². The summed E-state index contributed by atoms with van der Waals surface area (Å²) < 4.78 is 1.50. The van der Waals surface area contributed by atoms with Crippen LogP contribution < -0.4 is 5.48 Å². The molecule has 0 radical (unpaired) electrons. The van der Waals surface area contributed by atoms with E-state index in [-0.39, 0.29) is 0 Å². The minimum absolute atomic E-state index is 0.428. The van der Waals surface area contributed by atoms with Crippen LogP contribution in [0.5, 0.6) is 0 Å². The third kappa shape index (κ3) is 2.27. The second-order valence-electron chi connectivity index (χ2n) is 2.52. The lowest BCUT2D eigenvalue weighted by Crippen LogP contribution is -2.28. The van der Waals surface area contributed by atoms with E-state index in [9.17, 15) is 9.90 Å². The van der Waals surface area contributed by atoms with Gasteiger partial charge in [-0.1, -0.05) is 0 Å². The number of rotatable bonds is 3. The van der Waals surface area contributed by atoms with Gasteiger partial charge in [0.1, 0.15) is 0 Å². The van der Waals surface area contributed by atoms with Crippen LogP contribution in [0.3, 0.4) is 0 Å². The monoisotopic (exact) mass is 185 g/mol. The van der Waals surface area contributed by atoms with Crippen LogP contribution in [0, 0.1) is 0 Å². The van der Waals surface area contributed by atoms with Gasteiger partial charge < -0.3 is 5.11 Å². The molecule has 0 aromatic carbocycles. The molecule has 6 nitrogen and oxygen atoms in total. The van der Waals surface area contributed by atoms with Gasteiger partial charge in [0.05, 0.1) is 13.3 Å². The van der Waals surface area contributed by atoms with E-state index < -0.39 is 12.0 Å². The van der Waals surface area contributed by atoms with Crippen LogP contribution in [0.25, 0.3) is 0 Å². The second-order valence-corrected chi connectivity index (χ2v) is 2.52. The van der Waals surface area contributed by atoms with Crippen molar-refractivity contribution in [2.24, 2.45) is 7.05 Å². The van der Waals surface area contributed by atoms with Crippen LogP contribution in [-0.4, -0.2) is 27.9 Å². The molecule has 0 aliphatic heterocycles. The Hall–Kier alpha value is -1.40. The van der Waals surface area contributed by atoms with E-state index >= 15 is 0 Å². The van der Waals surface area contributed by atoms with Crippen molar-refractivity contribution < 1.29 is 14.7 Å². The van der Waals surface area contributed by atoms with E-state index in [0.29, 0.717) is 5.56 Å². The van der Waals surface area contributed by atoms with Gasteiger partial charge in [0.25, 0.3) is 5.91 Å². The van der Waals surface area contributed by atoms with Crippen molar-refractivity contribution in [2.75, 3.05) is 7.11 Å². The van der Waals surface area contributed by atoms with Gasteiger partial charge in [-0.05, 0) is 0 Å². The molecule has 1 atom stereocenters. The normalized spacial score (nSPS) is 12.5. The van der Waals surface area contributed by atoms with E-state index in [2.05, 4.69) is 9.94 Å². The number of hydrogen-bond donors (Lipinski definition) is 2. The predicted molar refractivity (Wildman–Crippen MR) is 43.3 cm³/mol. The summed E-state index contributed by atoms with van der Waals surface area (Å²) in [6.45, 7) is 0. The van der Waals surface area contributed by atoms with E-state index in [4.69, 9.17) is 0 Å². The van der Waals surface area contributed by atoms with Crippen molar-refractivity contribution in [3.63, 3.8) is 0 Å². The smallest absolute Gasteiger partial charge is 0.277 e. The molecule has 0 aliphatic rings. The molecule has 0 saturated carbocycles. The first-order valence-electron chi connectivity index (χ1n) is 3.64. The summed E-state index contributed by atoms with van der Waals surface area (Å²) in [4.78, 5) is 15.4. The molecule has 1 heterocycles.